The molecule has 0 saturated carbocycles. The summed E-state index contributed by atoms with van der Waals surface area (Å²) in [5, 5.41) is 31.3. The molecular weight excluding hydrogens is 220 g/mol. The molecule has 0 spiro atoms. The summed E-state index contributed by atoms with van der Waals surface area (Å²) in [6.07, 6.45) is 0.211. The highest BCUT2D eigenvalue weighted by atomic mass is 16.3. The first-order valence-corrected chi connectivity index (χ1v) is 5.70. The molecule has 0 amide bonds. The Labute approximate surface area is 101 Å². The van der Waals surface area contributed by atoms with Crippen LogP contribution in [0.5, 0.6) is 5.75 Å². The van der Waals surface area contributed by atoms with Gasteiger partial charge in [0.2, 0.25) is 0 Å². The zero-order chi connectivity index (χ0) is 12.7. The number of nitrogens with two attached hydrogens (primary N) is 1. The molecule has 5 heteroatoms. The van der Waals surface area contributed by atoms with Crippen LogP contribution >= 0.6 is 0 Å². The van der Waals surface area contributed by atoms with Crippen LogP contribution in [0.1, 0.15) is 23.7 Å². The third kappa shape index (κ3) is 4.32. The first kappa shape index (κ1) is 13.9. The van der Waals surface area contributed by atoms with Crippen LogP contribution in [0, 0.1) is 0 Å². The third-order valence-corrected chi connectivity index (χ3v) is 2.55. The molecule has 0 heterocycles. The molecular formula is C12H20N2O3. The number of hydrogen-bond acceptors (Lipinski definition) is 5. The number of benzene rings is 1. The van der Waals surface area contributed by atoms with Crippen molar-refractivity contribution in [1.82, 2.24) is 5.32 Å². The zero-order valence-corrected chi connectivity index (χ0v) is 9.76. The zero-order valence-electron chi connectivity index (χ0n) is 9.76. The number of aliphatic hydroxyl groups is 2. The second-order valence-electron chi connectivity index (χ2n) is 3.91. The number of rotatable bonds is 7. The SMILES string of the molecule is NCCCNCC(O)c1ccc(O)c(CO)c1. The highest BCUT2D eigenvalue weighted by molar-refractivity contribution is 5.36. The van der Waals surface area contributed by atoms with Gasteiger partial charge in [-0.2, -0.15) is 0 Å². The van der Waals surface area contributed by atoms with Crippen molar-refractivity contribution in [2.75, 3.05) is 19.6 Å². The van der Waals surface area contributed by atoms with Gasteiger partial charge in [0.1, 0.15) is 5.75 Å². The molecule has 1 unspecified atom stereocenters. The highest BCUT2D eigenvalue weighted by Crippen LogP contribution is 2.22. The maximum absolute atomic E-state index is 9.87. The summed E-state index contributed by atoms with van der Waals surface area (Å²) in [4.78, 5) is 0. The Bertz CT molecular complexity index is 345. The van der Waals surface area contributed by atoms with Crippen molar-refractivity contribution in [3.8, 4) is 5.75 Å². The first-order valence-electron chi connectivity index (χ1n) is 5.70. The van der Waals surface area contributed by atoms with Gasteiger partial charge in [-0.1, -0.05) is 6.07 Å². The summed E-state index contributed by atoms with van der Waals surface area (Å²) in [5.74, 6) is 0.0412. The molecule has 1 aromatic carbocycles. The maximum Gasteiger partial charge on any atom is 0.121 e. The fourth-order valence-corrected chi connectivity index (χ4v) is 1.52. The monoisotopic (exact) mass is 240 g/mol. The molecule has 0 aliphatic carbocycles. The second-order valence-corrected chi connectivity index (χ2v) is 3.91. The molecule has 0 fully saturated rings. The van der Waals surface area contributed by atoms with E-state index in [9.17, 15) is 10.2 Å². The molecule has 0 aliphatic heterocycles. The Morgan fingerprint density at radius 2 is 2.12 bits per heavy atom. The lowest BCUT2D eigenvalue weighted by Gasteiger charge is -2.13. The summed E-state index contributed by atoms with van der Waals surface area (Å²) in [6, 6.07) is 4.72. The molecule has 17 heavy (non-hydrogen) atoms. The van der Waals surface area contributed by atoms with Gasteiger partial charge in [0.25, 0.3) is 0 Å². The predicted molar refractivity (Wildman–Crippen MR) is 65.5 cm³/mol. The van der Waals surface area contributed by atoms with Crippen LogP contribution in [-0.2, 0) is 6.61 Å². The molecule has 1 atom stereocenters. The summed E-state index contributed by atoms with van der Waals surface area (Å²) in [5.41, 5.74) is 6.45. The lowest BCUT2D eigenvalue weighted by atomic mass is 10.1. The van der Waals surface area contributed by atoms with Crippen LogP contribution in [0.3, 0.4) is 0 Å². The van der Waals surface area contributed by atoms with Crippen molar-refractivity contribution in [2.24, 2.45) is 5.73 Å². The van der Waals surface area contributed by atoms with Gasteiger partial charge in [-0.05, 0) is 37.2 Å². The van der Waals surface area contributed by atoms with Gasteiger partial charge < -0.3 is 26.4 Å². The van der Waals surface area contributed by atoms with E-state index in [0.29, 0.717) is 24.2 Å². The Kier molecular flexibility index (Phi) is 5.93. The lowest BCUT2D eigenvalue weighted by Crippen LogP contribution is -2.24. The Balaban J connectivity index is 2.53. The number of phenols is 1. The van der Waals surface area contributed by atoms with Gasteiger partial charge in [0.05, 0.1) is 12.7 Å². The molecule has 6 N–H and O–H groups in total. The van der Waals surface area contributed by atoms with Crippen LogP contribution < -0.4 is 11.1 Å². The van der Waals surface area contributed by atoms with Crippen LogP contribution in [-0.4, -0.2) is 35.0 Å². The van der Waals surface area contributed by atoms with E-state index in [2.05, 4.69) is 5.32 Å². The minimum absolute atomic E-state index is 0.0412. The van der Waals surface area contributed by atoms with E-state index in [1.807, 2.05) is 0 Å². The number of nitrogens with one attached hydrogen (secondary N) is 1. The molecule has 5 nitrogen and oxygen atoms in total. The van der Waals surface area contributed by atoms with Crippen molar-refractivity contribution in [3.63, 3.8) is 0 Å². The van der Waals surface area contributed by atoms with Crippen molar-refractivity contribution < 1.29 is 15.3 Å². The Hall–Kier alpha value is -1.14. The Morgan fingerprint density at radius 3 is 2.76 bits per heavy atom. The molecule has 0 radical (unpaired) electrons. The molecule has 0 bridgehead atoms. The quantitative estimate of drug-likeness (QED) is 0.427. The maximum atomic E-state index is 9.87. The fourth-order valence-electron chi connectivity index (χ4n) is 1.52. The molecule has 96 valence electrons. The molecule has 0 aliphatic rings. The van der Waals surface area contributed by atoms with E-state index in [4.69, 9.17) is 10.8 Å². The van der Waals surface area contributed by atoms with E-state index in [-0.39, 0.29) is 12.4 Å². The number of hydrogen-bond donors (Lipinski definition) is 5. The van der Waals surface area contributed by atoms with E-state index in [1.54, 1.807) is 12.1 Å². The van der Waals surface area contributed by atoms with Gasteiger partial charge in [0, 0.05) is 12.1 Å². The summed E-state index contributed by atoms with van der Waals surface area (Å²) >= 11 is 0. The molecule has 1 rings (SSSR count). The topological polar surface area (TPSA) is 98.7 Å². The van der Waals surface area contributed by atoms with E-state index >= 15 is 0 Å². The molecule has 0 aromatic heterocycles. The Morgan fingerprint density at radius 1 is 1.35 bits per heavy atom. The van der Waals surface area contributed by atoms with E-state index in [1.165, 1.54) is 6.07 Å². The fraction of sp³-hybridized carbons (Fsp3) is 0.500. The number of aromatic hydroxyl groups is 1. The second kappa shape index (κ2) is 7.24. The van der Waals surface area contributed by atoms with Crippen LogP contribution in [0.15, 0.2) is 18.2 Å². The molecule has 1 aromatic rings. The summed E-state index contributed by atoms with van der Waals surface area (Å²) < 4.78 is 0. The van der Waals surface area contributed by atoms with E-state index < -0.39 is 6.10 Å². The smallest absolute Gasteiger partial charge is 0.121 e. The summed E-state index contributed by atoms with van der Waals surface area (Å²) in [6.45, 7) is 1.57. The van der Waals surface area contributed by atoms with Crippen molar-refractivity contribution >= 4 is 0 Å². The first-order chi connectivity index (χ1) is 8.19. The lowest BCUT2D eigenvalue weighted by molar-refractivity contribution is 0.174. The minimum atomic E-state index is -0.654. The van der Waals surface area contributed by atoms with Gasteiger partial charge in [-0.15, -0.1) is 0 Å². The third-order valence-electron chi connectivity index (χ3n) is 2.55. The average Bonchev–Trinajstić information content (AvgIpc) is 2.35. The van der Waals surface area contributed by atoms with Crippen LogP contribution in [0.25, 0.3) is 0 Å². The standard InChI is InChI=1S/C12H20N2O3/c13-4-1-5-14-7-12(17)9-2-3-11(16)10(6-9)8-15/h2-3,6,12,14-17H,1,4-5,7-8,13H2. The van der Waals surface area contributed by atoms with Crippen molar-refractivity contribution in [1.29, 1.82) is 0 Å². The minimum Gasteiger partial charge on any atom is -0.508 e. The van der Waals surface area contributed by atoms with E-state index in [0.717, 1.165) is 13.0 Å². The normalized spacial score (nSPS) is 12.6. The van der Waals surface area contributed by atoms with Crippen molar-refractivity contribution in [2.45, 2.75) is 19.1 Å². The van der Waals surface area contributed by atoms with Crippen LogP contribution in [0.4, 0.5) is 0 Å². The van der Waals surface area contributed by atoms with Gasteiger partial charge in [0.15, 0.2) is 0 Å². The average molecular weight is 240 g/mol. The van der Waals surface area contributed by atoms with Crippen molar-refractivity contribution in [3.05, 3.63) is 29.3 Å². The largest absolute Gasteiger partial charge is 0.508 e. The van der Waals surface area contributed by atoms with Gasteiger partial charge in [-0.3, -0.25) is 0 Å². The summed E-state index contributed by atoms with van der Waals surface area (Å²) in [7, 11) is 0. The molecule has 0 saturated heterocycles. The number of aliphatic hydroxyl groups excluding tert-OH is 2. The highest BCUT2D eigenvalue weighted by Gasteiger charge is 2.09. The van der Waals surface area contributed by atoms with Gasteiger partial charge in [-0.25, -0.2) is 0 Å². The van der Waals surface area contributed by atoms with Gasteiger partial charge >= 0.3 is 0 Å². The van der Waals surface area contributed by atoms with Crippen LogP contribution in [0.2, 0.25) is 0 Å². The predicted octanol–water partition coefficient (Wildman–Crippen LogP) is -0.144.